The summed E-state index contributed by atoms with van der Waals surface area (Å²) in [7, 11) is 0. The van der Waals surface area contributed by atoms with Gasteiger partial charge in [0.15, 0.2) is 6.10 Å². The highest BCUT2D eigenvalue weighted by Gasteiger charge is 2.30. The van der Waals surface area contributed by atoms with Crippen LogP contribution < -0.4 is 0 Å². The largest absolute Gasteiger partial charge is 0.454 e. The fourth-order valence-corrected chi connectivity index (χ4v) is 0.866. The predicted octanol–water partition coefficient (Wildman–Crippen LogP) is -0.438. The Balaban J connectivity index is 2.56. The maximum Gasteiger partial charge on any atom is 0.327 e. The van der Waals surface area contributed by atoms with Crippen molar-refractivity contribution in [1.29, 1.82) is 0 Å². The molecular formula is C6H6N2O3. The Morgan fingerprint density at radius 3 is 3.00 bits per heavy atom. The van der Waals surface area contributed by atoms with Crippen LogP contribution in [0, 0.1) is 0 Å². The average Bonchev–Trinajstić information content (AvgIpc) is 2.36. The molecule has 0 amide bonds. The number of cyclic esters (lactones) is 1. The standard InChI is InChI=1S/C6H6N2O3/c7-8-3-4(9)5-1-2-6(10)11-5/h3,5H,1-2H2. The number of hydrogen-bond acceptors (Lipinski definition) is 3. The van der Waals surface area contributed by atoms with Gasteiger partial charge in [0.1, 0.15) is 0 Å². The molecule has 1 saturated heterocycles. The summed E-state index contributed by atoms with van der Waals surface area (Å²) in [5.41, 5.74) is 7.97. The molecular weight excluding hydrogens is 148 g/mol. The van der Waals surface area contributed by atoms with Gasteiger partial charge in [-0.2, -0.15) is 4.79 Å². The molecule has 1 fully saturated rings. The lowest BCUT2D eigenvalue weighted by molar-refractivity contribution is -0.145. The van der Waals surface area contributed by atoms with Crippen LogP contribution in [-0.4, -0.2) is 28.9 Å². The fraction of sp³-hybridized carbons (Fsp3) is 0.500. The van der Waals surface area contributed by atoms with Crippen molar-refractivity contribution < 1.29 is 19.1 Å². The molecule has 0 aromatic carbocycles. The molecule has 5 heteroatoms. The van der Waals surface area contributed by atoms with Crippen molar-refractivity contribution in [3.05, 3.63) is 5.53 Å². The van der Waals surface area contributed by atoms with Gasteiger partial charge < -0.3 is 10.3 Å². The molecule has 0 spiro atoms. The van der Waals surface area contributed by atoms with E-state index in [2.05, 4.69) is 9.53 Å². The summed E-state index contributed by atoms with van der Waals surface area (Å²) < 4.78 is 4.58. The Bertz CT molecular complexity index is 242. The van der Waals surface area contributed by atoms with Gasteiger partial charge in [0.2, 0.25) is 0 Å². The highest BCUT2D eigenvalue weighted by molar-refractivity contribution is 6.27. The van der Waals surface area contributed by atoms with Crippen molar-refractivity contribution in [2.45, 2.75) is 18.9 Å². The second kappa shape index (κ2) is 3.07. The Hall–Kier alpha value is -1.48. The zero-order valence-corrected chi connectivity index (χ0v) is 5.69. The molecule has 1 unspecified atom stereocenters. The van der Waals surface area contributed by atoms with E-state index in [1.54, 1.807) is 0 Å². The van der Waals surface area contributed by atoms with Gasteiger partial charge in [-0.3, -0.25) is 9.59 Å². The summed E-state index contributed by atoms with van der Waals surface area (Å²) in [4.78, 5) is 23.8. The molecule has 58 valence electrons. The lowest BCUT2D eigenvalue weighted by atomic mass is 10.2. The van der Waals surface area contributed by atoms with Gasteiger partial charge in [0, 0.05) is 12.8 Å². The third-order valence-corrected chi connectivity index (χ3v) is 1.39. The van der Waals surface area contributed by atoms with E-state index in [-0.39, 0.29) is 12.4 Å². The first-order valence-electron chi connectivity index (χ1n) is 3.15. The quantitative estimate of drug-likeness (QED) is 0.234. The molecule has 0 aliphatic carbocycles. The van der Waals surface area contributed by atoms with Crippen molar-refractivity contribution in [3.8, 4) is 0 Å². The lowest BCUT2D eigenvalue weighted by Gasteiger charge is -1.98. The van der Waals surface area contributed by atoms with Gasteiger partial charge in [-0.1, -0.05) is 0 Å². The Morgan fingerprint density at radius 1 is 1.82 bits per heavy atom. The molecule has 11 heavy (non-hydrogen) atoms. The van der Waals surface area contributed by atoms with Crippen LogP contribution in [0.5, 0.6) is 0 Å². The number of carbonyl (C=O) groups excluding carboxylic acids is 2. The number of hydrogen-bond donors (Lipinski definition) is 0. The second-order valence-electron chi connectivity index (χ2n) is 2.16. The maximum absolute atomic E-state index is 10.8. The number of rotatable bonds is 2. The van der Waals surface area contributed by atoms with Crippen LogP contribution in [0.2, 0.25) is 0 Å². The van der Waals surface area contributed by atoms with Gasteiger partial charge in [0.25, 0.3) is 5.78 Å². The van der Waals surface area contributed by atoms with Crippen LogP contribution in [0.3, 0.4) is 0 Å². The van der Waals surface area contributed by atoms with Crippen LogP contribution in [0.4, 0.5) is 0 Å². The summed E-state index contributed by atoms with van der Waals surface area (Å²) in [5.74, 6) is -0.854. The van der Waals surface area contributed by atoms with E-state index in [0.29, 0.717) is 6.42 Å². The number of nitrogens with zero attached hydrogens (tertiary/aromatic N) is 2. The third kappa shape index (κ3) is 1.72. The van der Waals surface area contributed by atoms with Crippen molar-refractivity contribution in [3.63, 3.8) is 0 Å². The Kier molecular flexibility index (Phi) is 2.13. The van der Waals surface area contributed by atoms with Crippen molar-refractivity contribution in [2.24, 2.45) is 0 Å². The SMILES string of the molecule is [N-]=[N+]=CC(=O)C1CCC(=O)O1. The lowest BCUT2D eigenvalue weighted by Crippen LogP contribution is -2.21. The van der Waals surface area contributed by atoms with Crippen LogP contribution >= 0.6 is 0 Å². The number of Topliss-reactive ketones (excluding diaryl/α,β-unsaturated/α-hetero) is 1. The van der Waals surface area contributed by atoms with Crippen LogP contribution in [-0.2, 0) is 14.3 Å². The minimum absolute atomic E-state index is 0.260. The fourth-order valence-electron chi connectivity index (χ4n) is 0.866. The Morgan fingerprint density at radius 2 is 2.55 bits per heavy atom. The van der Waals surface area contributed by atoms with Gasteiger partial charge >= 0.3 is 12.2 Å². The van der Waals surface area contributed by atoms with Crippen LogP contribution in [0.15, 0.2) is 0 Å². The molecule has 0 bridgehead atoms. The van der Waals surface area contributed by atoms with Crippen LogP contribution in [0.1, 0.15) is 12.8 Å². The number of ether oxygens (including phenoxy) is 1. The van der Waals surface area contributed by atoms with E-state index in [4.69, 9.17) is 5.53 Å². The molecule has 0 aromatic rings. The van der Waals surface area contributed by atoms with E-state index in [9.17, 15) is 9.59 Å². The molecule has 0 saturated carbocycles. The zero-order chi connectivity index (χ0) is 8.27. The van der Waals surface area contributed by atoms with Crippen molar-refractivity contribution in [1.82, 2.24) is 0 Å². The summed E-state index contributed by atoms with van der Waals surface area (Å²) >= 11 is 0. The zero-order valence-electron chi connectivity index (χ0n) is 5.69. The highest BCUT2D eigenvalue weighted by atomic mass is 16.6. The summed E-state index contributed by atoms with van der Waals surface area (Å²) in [6.45, 7) is 0. The van der Waals surface area contributed by atoms with Crippen LogP contribution in [0.25, 0.3) is 5.53 Å². The summed E-state index contributed by atoms with van der Waals surface area (Å²) in [6, 6.07) is 0. The average molecular weight is 154 g/mol. The van der Waals surface area contributed by atoms with Crippen molar-refractivity contribution in [2.75, 3.05) is 0 Å². The second-order valence-corrected chi connectivity index (χ2v) is 2.16. The van der Waals surface area contributed by atoms with Gasteiger partial charge in [0.05, 0.1) is 0 Å². The smallest absolute Gasteiger partial charge is 0.327 e. The highest BCUT2D eigenvalue weighted by Crippen LogP contribution is 2.13. The van der Waals surface area contributed by atoms with Gasteiger partial charge in [-0.05, 0) is 0 Å². The minimum atomic E-state index is -0.738. The molecule has 5 nitrogen and oxygen atoms in total. The van der Waals surface area contributed by atoms with Gasteiger partial charge in [-0.15, -0.1) is 0 Å². The molecule has 1 rings (SSSR count). The molecule has 1 atom stereocenters. The number of carbonyl (C=O) groups is 2. The first kappa shape index (κ1) is 7.63. The molecule has 0 N–H and O–H groups in total. The summed E-state index contributed by atoms with van der Waals surface area (Å²) in [5, 5.41) is 0. The Labute approximate surface area is 62.6 Å². The monoisotopic (exact) mass is 154 g/mol. The predicted molar refractivity (Wildman–Crippen MR) is 33.8 cm³/mol. The summed E-state index contributed by atoms with van der Waals surface area (Å²) in [6.07, 6.45) is 0.640. The van der Waals surface area contributed by atoms with E-state index < -0.39 is 11.9 Å². The first-order valence-corrected chi connectivity index (χ1v) is 3.15. The molecule has 0 aromatic heterocycles. The molecule has 1 aliphatic rings. The van der Waals surface area contributed by atoms with Crippen molar-refractivity contribution >= 4 is 18.0 Å². The third-order valence-electron chi connectivity index (χ3n) is 1.39. The number of ketones is 1. The first-order chi connectivity index (χ1) is 5.24. The topological polar surface area (TPSA) is 79.8 Å². The number of esters is 1. The van der Waals surface area contributed by atoms with E-state index in [0.717, 1.165) is 6.21 Å². The van der Waals surface area contributed by atoms with E-state index in [1.807, 2.05) is 0 Å². The van der Waals surface area contributed by atoms with Gasteiger partial charge in [-0.25, -0.2) is 0 Å². The molecule has 1 aliphatic heterocycles. The van der Waals surface area contributed by atoms with E-state index >= 15 is 0 Å². The molecule has 1 heterocycles. The molecule has 0 radical (unpaired) electrons. The normalized spacial score (nSPS) is 22.2. The maximum atomic E-state index is 10.8. The van der Waals surface area contributed by atoms with E-state index in [1.165, 1.54) is 0 Å². The minimum Gasteiger partial charge on any atom is -0.454 e.